The van der Waals surface area contributed by atoms with Crippen molar-refractivity contribution in [1.82, 2.24) is 0 Å². The van der Waals surface area contributed by atoms with Crippen molar-refractivity contribution >= 4 is 65.0 Å². The Morgan fingerprint density at radius 1 is 0.383 bits per heavy atom. The van der Waals surface area contributed by atoms with Gasteiger partial charge in [0.15, 0.2) is 0 Å². The van der Waals surface area contributed by atoms with Crippen LogP contribution in [0.1, 0.15) is 6.85 Å². The average molecular weight is 602 g/mol. The minimum Gasteiger partial charge on any atom is -0.455 e. The topological polar surface area (TPSA) is 13.1 Å². The summed E-state index contributed by atoms with van der Waals surface area (Å²) in [6.07, 6.45) is 0. The fraction of sp³-hybridized carbons (Fsp3) is 0. The molecule has 0 radical (unpaired) electrons. The van der Waals surface area contributed by atoms with Crippen LogP contribution in [0.15, 0.2) is 174 Å². The zero-order valence-electron chi connectivity index (χ0n) is 30.2. The van der Waals surface area contributed by atoms with Crippen LogP contribution < -0.4 is 0 Å². The van der Waals surface area contributed by atoms with E-state index in [1.54, 1.807) is 0 Å². The molecule has 10 rings (SSSR count). The molecule has 0 amide bonds. The molecular weight excluding hydrogens is 569 g/mol. The lowest BCUT2D eigenvalue weighted by molar-refractivity contribution is 0.673. The summed E-state index contributed by atoms with van der Waals surface area (Å²) in [5.41, 5.74) is 6.59. The summed E-state index contributed by atoms with van der Waals surface area (Å²) in [6.45, 7) is 0. The van der Waals surface area contributed by atoms with Gasteiger partial charge in [0.25, 0.3) is 0 Å². The second-order valence-electron chi connectivity index (χ2n) is 12.1. The molecule has 47 heavy (non-hydrogen) atoms. The summed E-state index contributed by atoms with van der Waals surface area (Å²) in [5.74, 6) is 0. The van der Waals surface area contributed by atoms with E-state index in [0.717, 1.165) is 87.3 Å². The van der Waals surface area contributed by atoms with E-state index in [2.05, 4.69) is 97.1 Å². The molecule has 1 heterocycles. The van der Waals surface area contributed by atoms with Crippen LogP contribution in [-0.4, -0.2) is 0 Å². The molecule has 218 valence electrons. The van der Waals surface area contributed by atoms with Crippen LogP contribution in [0.25, 0.3) is 98.4 Å². The van der Waals surface area contributed by atoms with E-state index in [1.807, 2.05) is 42.5 Å². The lowest BCUT2D eigenvalue weighted by atomic mass is 9.83. The van der Waals surface area contributed by atoms with E-state index in [0.29, 0.717) is 5.56 Å². The van der Waals surface area contributed by atoms with E-state index in [1.165, 1.54) is 0 Å². The summed E-state index contributed by atoms with van der Waals surface area (Å²) in [4.78, 5) is 0. The van der Waals surface area contributed by atoms with E-state index in [-0.39, 0.29) is 29.7 Å². The predicted octanol–water partition coefficient (Wildman–Crippen LogP) is 13.2. The molecule has 10 aromatic rings. The molecule has 0 saturated heterocycles. The number of rotatable bonds is 3. The number of hydrogen-bond donors (Lipinski definition) is 0. The van der Waals surface area contributed by atoms with Crippen LogP contribution in [0.5, 0.6) is 0 Å². The molecule has 0 aliphatic carbocycles. The van der Waals surface area contributed by atoms with Crippen molar-refractivity contribution in [2.45, 2.75) is 0 Å². The Labute approximate surface area is 279 Å². The first-order valence-corrected chi connectivity index (χ1v) is 15.8. The molecule has 9 aromatic carbocycles. The standard InChI is InChI=1S/C46H28O/c1-2-12-29(13-3-1)33-26-31-15-5-6-16-34(31)42(27-33)45-39-20-10-8-18-37(39)44(38-19-9-11-21-40(38)45)32-23-24-36-41-25-22-30-14-4-7-17-35(30)46(41)47-43(36)28-32/h1-28H/i1D,2D,3D,12D,13D. The minimum atomic E-state index is -0.401. The molecule has 0 unspecified atom stereocenters. The molecule has 0 aliphatic heterocycles. The van der Waals surface area contributed by atoms with Gasteiger partial charge < -0.3 is 4.42 Å². The molecule has 0 atom stereocenters. The summed E-state index contributed by atoms with van der Waals surface area (Å²) in [6, 6.07) is 46.5. The van der Waals surface area contributed by atoms with E-state index in [9.17, 15) is 0 Å². The first-order chi connectivity index (χ1) is 25.4. The highest BCUT2D eigenvalue weighted by molar-refractivity contribution is 6.24. The van der Waals surface area contributed by atoms with Crippen molar-refractivity contribution in [2.24, 2.45) is 0 Å². The van der Waals surface area contributed by atoms with Gasteiger partial charge in [-0.2, -0.15) is 0 Å². The second-order valence-corrected chi connectivity index (χ2v) is 12.1. The van der Waals surface area contributed by atoms with Crippen LogP contribution in [-0.2, 0) is 0 Å². The lowest BCUT2D eigenvalue weighted by Crippen LogP contribution is -1.92. The van der Waals surface area contributed by atoms with Crippen LogP contribution in [0, 0.1) is 0 Å². The Bertz CT molecular complexity index is 3050. The van der Waals surface area contributed by atoms with E-state index < -0.39 is 6.04 Å². The number of fused-ring (bicyclic) bond motifs is 8. The largest absolute Gasteiger partial charge is 0.455 e. The highest BCUT2D eigenvalue weighted by atomic mass is 16.3. The highest BCUT2D eigenvalue weighted by Crippen LogP contribution is 2.47. The molecule has 0 N–H and O–H groups in total. The fourth-order valence-corrected chi connectivity index (χ4v) is 7.45. The third-order valence-electron chi connectivity index (χ3n) is 9.50. The van der Waals surface area contributed by atoms with Gasteiger partial charge in [-0.1, -0.05) is 139 Å². The van der Waals surface area contributed by atoms with Crippen molar-refractivity contribution < 1.29 is 11.3 Å². The monoisotopic (exact) mass is 601 g/mol. The fourth-order valence-electron chi connectivity index (χ4n) is 7.45. The number of benzene rings is 9. The summed E-state index contributed by atoms with van der Waals surface area (Å²) >= 11 is 0. The van der Waals surface area contributed by atoms with Gasteiger partial charge in [-0.05, 0) is 101 Å². The summed E-state index contributed by atoms with van der Waals surface area (Å²) < 4.78 is 49.2. The third-order valence-corrected chi connectivity index (χ3v) is 9.50. The maximum absolute atomic E-state index is 8.79. The van der Waals surface area contributed by atoms with Crippen molar-refractivity contribution in [2.75, 3.05) is 0 Å². The molecule has 1 aromatic heterocycles. The molecule has 1 heteroatoms. The molecule has 0 saturated carbocycles. The zero-order valence-corrected chi connectivity index (χ0v) is 25.2. The smallest absolute Gasteiger partial charge is 0.143 e. The Balaban J connectivity index is 1.28. The first-order valence-electron chi connectivity index (χ1n) is 18.3. The predicted molar refractivity (Wildman–Crippen MR) is 200 cm³/mol. The molecule has 0 fully saturated rings. The van der Waals surface area contributed by atoms with Crippen LogP contribution >= 0.6 is 0 Å². The van der Waals surface area contributed by atoms with Gasteiger partial charge in [-0.25, -0.2) is 0 Å². The maximum Gasteiger partial charge on any atom is 0.143 e. The summed E-state index contributed by atoms with van der Waals surface area (Å²) in [5, 5.41) is 10.6. The van der Waals surface area contributed by atoms with Crippen molar-refractivity contribution in [3.63, 3.8) is 0 Å². The van der Waals surface area contributed by atoms with Gasteiger partial charge in [-0.3, -0.25) is 0 Å². The number of furan rings is 1. The zero-order chi connectivity index (χ0) is 35.2. The lowest BCUT2D eigenvalue weighted by Gasteiger charge is -2.19. The Hall–Kier alpha value is -6.18. The maximum atomic E-state index is 8.79. The minimum absolute atomic E-state index is 0.190. The summed E-state index contributed by atoms with van der Waals surface area (Å²) in [7, 11) is 0. The quantitative estimate of drug-likeness (QED) is 0.184. The molecule has 0 aliphatic rings. The number of hydrogen-bond acceptors (Lipinski definition) is 1. The molecule has 1 nitrogen and oxygen atoms in total. The van der Waals surface area contributed by atoms with Crippen molar-refractivity contribution in [3.05, 3.63) is 170 Å². The van der Waals surface area contributed by atoms with Gasteiger partial charge in [0.1, 0.15) is 11.2 Å². The normalized spacial score (nSPS) is 13.3. The first kappa shape index (κ1) is 21.5. The van der Waals surface area contributed by atoms with Crippen LogP contribution in [0.2, 0.25) is 0 Å². The Kier molecular flexibility index (Phi) is 4.66. The van der Waals surface area contributed by atoms with Gasteiger partial charge in [-0.15, -0.1) is 0 Å². The van der Waals surface area contributed by atoms with Crippen molar-refractivity contribution in [3.8, 4) is 33.4 Å². The van der Waals surface area contributed by atoms with Crippen LogP contribution in [0.3, 0.4) is 0 Å². The van der Waals surface area contributed by atoms with E-state index in [4.69, 9.17) is 11.3 Å². The van der Waals surface area contributed by atoms with Crippen LogP contribution in [0.4, 0.5) is 0 Å². The van der Waals surface area contributed by atoms with Gasteiger partial charge in [0.2, 0.25) is 0 Å². The molecular formula is C46H28O. The SMILES string of the molecule is [2H]c1c([2H])c([2H])c(-c2cc(-c3c4ccccc4c(-c4ccc5c(c4)oc4c6ccccc6ccc54)c4ccccc34)c3ccccc3c2)c([2H])c1[2H]. The van der Waals surface area contributed by atoms with Crippen molar-refractivity contribution in [1.29, 1.82) is 0 Å². The van der Waals surface area contributed by atoms with E-state index >= 15 is 0 Å². The van der Waals surface area contributed by atoms with Gasteiger partial charge >= 0.3 is 0 Å². The van der Waals surface area contributed by atoms with Gasteiger partial charge in [0.05, 0.1) is 6.85 Å². The molecule has 0 bridgehead atoms. The second kappa shape index (κ2) is 10.2. The van der Waals surface area contributed by atoms with Gasteiger partial charge in [0, 0.05) is 16.2 Å². The highest BCUT2D eigenvalue weighted by Gasteiger charge is 2.20. The third kappa shape index (κ3) is 3.97. The Morgan fingerprint density at radius 2 is 0.979 bits per heavy atom. The average Bonchev–Trinajstić information content (AvgIpc) is 3.56. The Morgan fingerprint density at radius 3 is 1.70 bits per heavy atom. The molecule has 0 spiro atoms.